The number of carboxylic acids is 1. The molecule has 0 saturated heterocycles. The molecule has 3 aromatic heterocycles. The van der Waals surface area contributed by atoms with Crippen molar-refractivity contribution >= 4 is 28.6 Å². The largest absolute Gasteiger partial charge is 0.481 e. The number of aromatic nitrogens is 4. The Bertz CT molecular complexity index is 1090. The Labute approximate surface area is 165 Å². The van der Waals surface area contributed by atoms with E-state index in [9.17, 15) is 14.3 Å². The number of hydrogen-bond acceptors (Lipinski definition) is 4. The zero-order valence-corrected chi connectivity index (χ0v) is 15.7. The molecule has 0 radical (unpaired) electrons. The van der Waals surface area contributed by atoms with Crippen molar-refractivity contribution < 1.29 is 14.3 Å². The Morgan fingerprint density at radius 2 is 2.11 bits per heavy atom. The van der Waals surface area contributed by atoms with E-state index in [1.54, 1.807) is 18.5 Å². The highest BCUT2D eigenvalue weighted by atomic mass is 35.5. The van der Waals surface area contributed by atoms with Crippen molar-refractivity contribution in [3.8, 4) is 11.4 Å². The van der Waals surface area contributed by atoms with Crippen molar-refractivity contribution in [1.82, 2.24) is 19.9 Å². The topological polar surface area (TPSA) is 91.8 Å². The highest BCUT2D eigenvalue weighted by molar-refractivity contribution is 6.31. The van der Waals surface area contributed by atoms with Crippen molar-refractivity contribution in [3.05, 3.63) is 41.2 Å². The Hall–Kier alpha value is -2.54. The van der Waals surface area contributed by atoms with E-state index in [4.69, 9.17) is 11.6 Å². The summed E-state index contributed by atoms with van der Waals surface area (Å²) in [5.41, 5.74) is 1.61. The van der Waals surface area contributed by atoms with E-state index >= 15 is 0 Å². The molecule has 2 fully saturated rings. The maximum Gasteiger partial charge on any atom is 0.307 e. The zero-order chi connectivity index (χ0) is 19.4. The number of halogens is 2. The molecule has 2 unspecified atom stereocenters. The van der Waals surface area contributed by atoms with E-state index in [0.29, 0.717) is 34.4 Å². The van der Waals surface area contributed by atoms with Gasteiger partial charge in [0.2, 0.25) is 0 Å². The summed E-state index contributed by atoms with van der Waals surface area (Å²) in [4.78, 5) is 27.6. The third kappa shape index (κ3) is 2.76. The average molecular weight is 401 g/mol. The van der Waals surface area contributed by atoms with Gasteiger partial charge in [0.25, 0.3) is 0 Å². The first kappa shape index (κ1) is 17.6. The van der Waals surface area contributed by atoms with Crippen LogP contribution in [-0.4, -0.2) is 31.0 Å². The van der Waals surface area contributed by atoms with Crippen LogP contribution in [0.4, 0.5) is 4.39 Å². The van der Waals surface area contributed by atoms with Gasteiger partial charge in [0, 0.05) is 23.3 Å². The minimum atomic E-state index is -0.774. The minimum Gasteiger partial charge on any atom is -0.481 e. The van der Waals surface area contributed by atoms with E-state index in [-0.39, 0.29) is 17.5 Å². The molecule has 2 aliphatic rings. The minimum absolute atomic E-state index is 0.0763. The fourth-order valence-electron chi connectivity index (χ4n) is 5.15. The summed E-state index contributed by atoms with van der Waals surface area (Å²) in [6.45, 7) is 0. The van der Waals surface area contributed by atoms with Gasteiger partial charge in [-0.1, -0.05) is 11.6 Å². The number of carboxylic acid groups (broad SMARTS) is 1. The Morgan fingerprint density at radius 1 is 1.29 bits per heavy atom. The van der Waals surface area contributed by atoms with Crippen molar-refractivity contribution in [2.75, 3.05) is 0 Å². The van der Waals surface area contributed by atoms with Crippen molar-refractivity contribution in [2.45, 2.75) is 25.7 Å². The van der Waals surface area contributed by atoms with Crippen LogP contribution in [0.2, 0.25) is 5.02 Å². The van der Waals surface area contributed by atoms with Crippen LogP contribution in [0.15, 0.2) is 24.7 Å². The predicted octanol–water partition coefficient (Wildman–Crippen LogP) is 4.10. The Balaban J connectivity index is 1.51. The van der Waals surface area contributed by atoms with Gasteiger partial charge in [0.15, 0.2) is 11.6 Å². The summed E-state index contributed by atoms with van der Waals surface area (Å²) in [5, 5.41) is 10.9. The van der Waals surface area contributed by atoms with Gasteiger partial charge in [0.1, 0.15) is 5.65 Å². The third-order valence-corrected chi connectivity index (χ3v) is 6.56. The molecule has 3 aromatic rings. The third-order valence-electron chi connectivity index (χ3n) is 6.36. The Morgan fingerprint density at radius 3 is 2.93 bits per heavy atom. The van der Waals surface area contributed by atoms with Gasteiger partial charge in [-0.3, -0.25) is 4.79 Å². The maximum atomic E-state index is 14.5. The molecule has 2 saturated carbocycles. The summed E-state index contributed by atoms with van der Waals surface area (Å²) < 4.78 is 14.5. The molecule has 2 aliphatic carbocycles. The van der Waals surface area contributed by atoms with Crippen LogP contribution in [0, 0.1) is 29.5 Å². The summed E-state index contributed by atoms with van der Waals surface area (Å²) in [7, 11) is 0. The first-order valence-electron chi connectivity index (χ1n) is 9.38. The summed E-state index contributed by atoms with van der Waals surface area (Å²) >= 11 is 6.05. The second-order valence-electron chi connectivity index (χ2n) is 7.81. The monoisotopic (exact) mass is 400 g/mol. The smallest absolute Gasteiger partial charge is 0.307 e. The highest BCUT2D eigenvalue weighted by Crippen LogP contribution is 2.53. The molecule has 0 amide bonds. The summed E-state index contributed by atoms with van der Waals surface area (Å²) in [6, 6.07) is 1.76. The number of pyridine rings is 1. The van der Waals surface area contributed by atoms with Gasteiger partial charge < -0.3 is 10.1 Å². The van der Waals surface area contributed by atoms with Crippen LogP contribution in [0.5, 0.6) is 0 Å². The number of nitrogens with zero attached hydrogens (tertiary/aromatic N) is 3. The molecular formula is C20H18ClFN4O2. The molecule has 8 heteroatoms. The molecule has 5 rings (SSSR count). The van der Waals surface area contributed by atoms with Crippen molar-refractivity contribution in [1.29, 1.82) is 0 Å². The Kier molecular flexibility index (Phi) is 4.08. The number of carbonyl (C=O) groups is 1. The molecule has 6 nitrogen and oxygen atoms in total. The van der Waals surface area contributed by atoms with Gasteiger partial charge in [-0.05, 0) is 49.5 Å². The molecule has 28 heavy (non-hydrogen) atoms. The molecule has 2 N–H and O–H groups in total. The molecule has 144 valence electrons. The van der Waals surface area contributed by atoms with Crippen LogP contribution in [0.1, 0.15) is 25.0 Å². The number of nitrogens with one attached hydrogen (secondary N) is 1. The van der Waals surface area contributed by atoms with Crippen LogP contribution in [0.3, 0.4) is 0 Å². The lowest BCUT2D eigenvalue weighted by Crippen LogP contribution is -2.31. The standard InChI is InChI=1S/C20H18ClFN4O2/c21-11-4-13-14(7-24-18(13)23-6-11)19-25-8-15(22)16(26-19)5-12-9-1-2-10(3-9)17(12)20(27)28/h4,6-10,12,17H,1-3,5H2,(H,23,24)(H,27,28)/t9-,10?,12?,17-/m0/s1. The number of fused-ring (bicyclic) bond motifs is 3. The fourth-order valence-corrected chi connectivity index (χ4v) is 5.31. The van der Waals surface area contributed by atoms with E-state index in [0.717, 1.165) is 30.8 Å². The maximum absolute atomic E-state index is 14.5. The lowest BCUT2D eigenvalue weighted by atomic mass is 9.77. The molecule has 0 aliphatic heterocycles. The molecule has 2 bridgehead atoms. The van der Waals surface area contributed by atoms with Crippen LogP contribution in [0.25, 0.3) is 22.4 Å². The van der Waals surface area contributed by atoms with Crippen LogP contribution in [-0.2, 0) is 11.2 Å². The number of aliphatic carboxylic acids is 1. The number of rotatable bonds is 4. The van der Waals surface area contributed by atoms with Gasteiger partial charge >= 0.3 is 5.97 Å². The second-order valence-corrected chi connectivity index (χ2v) is 8.24. The van der Waals surface area contributed by atoms with Gasteiger partial charge in [-0.25, -0.2) is 19.3 Å². The fraction of sp³-hybridized carbons (Fsp3) is 0.400. The van der Waals surface area contributed by atoms with Crippen molar-refractivity contribution in [3.63, 3.8) is 0 Å². The summed E-state index contributed by atoms with van der Waals surface area (Å²) in [5.74, 6) is -0.836. The van der Waals surface area contributed by atoms with Gasteiger partial charge in [-0.2, -0.15) is 0 Å². The molecule has 0 aromatic carbocycles. The van der Waals surface area contributed by atoms with E-state index in [2.05, 4.69) is 19.9 Å². The highest BCUT2D eigenvalue weighted by Gasteiger charge is 2.51. The predicted molar refractivity (Wildman–Crippen MR) is 101 cm³/mol. The zero-order valence-electron chi connectivity index (χ0n) is 14.9. The molecular weight excluding hydrogens is 383 g/mol. The average Bonchev–Trinajstić information content (AvgIpc) is 3.37. The summed E-state index contributed by atoms with van der Waals surface area (Å²) in [6.07, 6.45) is 7.65. The number of H-pyrrole nitrogens is 1. The molecule has 0 spiro atoms. The first-order valence-corrected chi connectivity index (χ1v) is 9.76. The van der Waals surface area contributed by atoms with Crippen LogP contribution < -0.4 is 0 Å². The van der Waals surface area contributed by atoms with E-state index in [1.165, 1.54) is 0 Å². The lowest BCUT2D eigenvalue weighted by molar-refractivity contribution is -0.145. The molecule has 4 atom stereocenters. The van der Waals surface area contributed by atoms with E-state index in [1.807, 2.05) is 0 Å². The number of aromatic amines is 1. The lowest BCUT2D eigenvalue weighted by Gasteiger charge is -2.27. The van der Waals surface area contributed by atoms with Crippen molar-refractivity contribution in [2.24, 2.45) is 23.7 Å². The first-order chi connectivity index (χ1) is 13.5. The second kappa shape index (κ2) is 6.51. The normalized spacial score (nSPS) is 26.2. The SMILES string of the molecule is O=C(O)[C@H]1C2CC[C@@H](C2)C1Cc1nc(-c2c[nH]c3ncc(Cl)cc23)ncc1F. The van der Waals surface area contributed by atoms with Gasteiger partial charge in [-0.15, -0.1) is 0 Å². The van der Waals surface area contributed by atoms with E-state index < -0.39 is 17.7 Å². The van der Waals surface area contributed by atoms with Crippen LogP contribution >= 0.6 is 11.6 Å². The molecule has 3 heterocycles. The quantitative estimate of drug-likeness (QED) is 0.687. The number of hydrogen-bond donors (Lipinski definition) is 2. The van der Waals surface area contributed by atoms with Gasteiger partial charge in [0.05, 0.1) is 22.8 Å².